The molecule has 1 aromatic rings. The van der Waals surface area contributed by atoms with Crippen LogP contribution >= 0.6 is 0 Å². The number of nitrogens with zero attached hydrogens (tertiary/aromatic N) is 2. The third-order valence-corrected chi connectivity index (χ3v) is 6.97. The predicted molar refractivity (Wildman–Crippen MR) is 107 cm³/mol. The summed E-state index contributed by atoms with van der Waals surface area (Å²) in [6.45, 7) is 5.02. The third-order valence-electron chi connectivity index (χ3n) is 6.97. The molecule has 5 heteroatoms. The summed E-state index contributed by atoms with van der Waals surface area (Å²) in [6, 6.07) is 4.17. The minimum atomic E-state index is -0.266. The highest BCUT2D eigenvalue weighted by Crippen LogP contribution is 2.36. The minimum absolute atomic E-state index is 0.161. The first-order chi connectivity index (χ1) is 13.3. The highest BCUT2D eigenvalue weighted by atomic mass is 16.3. The number of furan rings is 1. The normalized spacial score (nSPS) is 25.3. The van der Waals surface area contributed by atoms with Crippen molar-refractivity contribution in [1.82, 2.24) is 15.1 Å². The molecule has 1 saturated carbocycles. The van der Waals surface area contributed by atoms with Gasteiger partial charge >= 0.3 is 0 Å². The number of hydrogen-bond donors (Lipinski definition) is 1. The van der Waals surface area contributed by atoms with Gasteiger partial charge in [-0.05, 0) is 76.8 Å². The molecule has 1 N–H and O–H groups in total. The van der Waals surface area contributed by atoms with Crippen molar-refractivity contribution < 1.29 is 9.21 Å². The van der Waals surface area contributed by atoms with Gasteiger partial charge in [0.05, 0.1) is 12.3 Å². The average Bonchev–Trinajstić information content (AvgIpc) is 3.44. The van der Waals surface area contributed by atoms with Crippen molar-refractivity contribution in [1.29, 1.82) is 0 Å². The first-order valence-electron chi connectivity index (χ1n) is 11.1. The van der Waals surface area contributed by atoms with E-state index < -0.39 is 0 Å². The Morgan fingerprint density at radius 1 is 1.00 bits per heavy atom. The number of nitrogens with one attached hydrogen (secondary N) is 1. The van der Waals surface area contributed by atoms with Gasteiger partial charge in [0.25, 0.3) is 0 Å². The minimum Gasteiger partial charge on any atom is -0.468 e. The highest BCUT2D eigenvalue weighted by molar-refractivity contribution is 5.86. The van der Waals surface area contributed by atoms with Crippen LogP contribution in [0.25, 0.3) is 0 Å². The monoisotopic (exact) mass is 373 g/mol. The number of likely N-dealkylation sites (tertiary alicyclic amines) is 2. The Balaban J connectivity index is 1.46. The van der Waals surface area contributed by atoms with E-state index in [2.05, 4.69) is 21.2 Å². The molecule has 0 radical (unpaired) electrons. The van der Waals surface area contributed by atoms with Gasteiger partial charge in [0.2, 0.25) is 5.91 Å². The van der Waals surface area contributed by atoms with Crippen LogP contribution in [-0.4, -0.2) is 54.0 Å². The molecule has 1 atom stereocenters. The number of piperidine rings is 1. The summed E-state index contributed by atoms with van der Waals surface area (Å²) in [4.78, 5) is 18.5. The number of rotatable bonds is 6. The lowest BCUT2D eigenvalue weighted by Gasteiger charge is -2.47. The van der Waals surface area contributed by atoms with Crippen LogP contribution in [-0.2, 0) is 4.79 Å². The lowest BCUT2D eigenvalue weighted by atomic mass is 9.78. The fourth-order valence-electron chi connectivity index (χ4n) is 5.44. The molecule has 3 fully saturated rings. The van der Waals surface area contributed by atoms with Crippen LogP contribution < -0.4 is 5.32 Å². The highest BCUT2D eigenvalue weighted by Gasteiger charge is 2.45. The SMILES string of the molecule is O=C(NCC(c1ccco1)N1CCCC1)C1(N2CCCCC2)CCCCC1. The van der Waals surface area contributed by atoms with Crippen LogP contribution in [0.15, 0.2) is 22.8 Å². The quantitative estimate of drug-likeness (QED) is 0.826. The number of hydrogen-bond acceptors (Lipinski definition) is 4. The maximum Gasteiger partial charge on any atom is 0.240 e. The van der Waals surface area contributed by atoms with Gasteiger partial charge < -0.3 is 9.73 Å². The number of amides is 1. The lowest BCUT2D eigenvalue weighted by molar-refractivity contribution is -0.137. The van der Waals surface area contributed by atoms with Crippen LogP contribution in [0.2, 0.25) is 0 Å². The summed E-state index contributed by atoms with van der Waals surface area (Å²) in [5, 5.41) is 3.37. The first-order valence-corrected chi connectivity index (χ1v) is 11.1. The van der Waals surface area contributed by atoms with Gasteiger partial charge in [0.1, 0.15) is 11.3 Å². The fraction of sp³-hybridized carbons (Fsp3) is 0.773. The van der Waals surface area contributed by atoms with Crippen molar-refractivity contribution in [2.45, 2.75) is 75.8 Å². The van der Waals surface area contributed by atoms with E-state index in [1.807, 2.05) is 6.07 Å². The van der Waals surface area contributed by atoms with Gasteiger partial charge in [-0.1, -0.05) is 25.7 Å². The summed E-state index contributed by atoms with van der Waals surface area (Å²) in [5.74, 6) is 1.24. The smallest absolute Gasteiger partial charge is 0.240 e. The molecule has 5 nitrogen and oxygen atoms in total. The Morgan fingerprint density at radius 3 is 2.33 bits per heavy atom. The van der Waals surface area contributed by atoms with Crippen molar-refractivity contribution in [2.75, 3.05) is 32.7 Å². The average molecular weight is 374 g/mol. The van der Waals surface area contributed by atoms with Crippen LogP contribution in [0.1, 0.15) is 76.0 Å². The topological polar surface area (TPSA) is 48.7 Å². The van der Waals surface area contributed by atoms with Gasteiger partial charge in [-0.2, -0.15) is 0 Å². The standard InChI is InChI=1S/C22H35N3O2/c26-21(22(11-3-1-4-12-22)25-15-5-2-6-16-25)23-18-19(20-10-9-17-27-20)24-13-7-8-14-24/h9-10,17,19H,1-8,11-16,18H2,(H,23,26). The molecule has 4 rings (SSSR count). The molecule has 0 bridgehead atoms. The molecule has 1 unspecified atom stereocenters. The molecule has 1 aromatic heterocycles. The Bertz CT molecular complexity index is 583. The van der Waals surface area contributed by atoms with E-state index in [1.54, 1.807) is 6.26 Å². The number of carbonyl (C=O) groups excluding carboxylic acids is 1. The zero-order chi connectivity index (χ0) is 18.5. The van der Waals surface area contributed by atoms with Crippen LogP contribution in [0.5, 0.6) is 0 Å². The van der Waals surface area contributed by atoms with Crippen molar-refractivity contribution >= 4 is 5.91 Å². The summed E-state index contributed by atoms with van der Waals surface area (Å²) >= 11 is 0. The molecule has 1 amide bonds. The van der Waals surface area contributed by atoms with E-state index in [0.29, 0.717) is 6.54 Å². The largest absolute Gasteiger partial charge is 0.468 e. The van der Waals surface area contributed by atoms with Gasteiger partial charge in [-0.3, -0.25) is 14.6 Å². The van der Waals surface area contributed by atoms with Gasteiger partial charge in [-0.25, -0.2) is 0 Å². The maximum absolute atomic E-state index is 13.5. The van der Waals surface area contributed by atoms with Crippen molar-refractivity contribution in [3.8, 4) is 0 Å². The summed E-state index contributed by atoms with van der Waals surface area (Å²) in [5.41, 5.74) is -0.266. The second-order valence-corrected chi connectivity index (χ2v) is 8.62. The van der Waals surface area contributed by atoms with E-state index in [1.165, 1.54) is 51.4 Å². The summed E-state index contributed by atoms with van der Waals surface area (Å²) in [7, 11) is 0. The Morgan fingerprint density at radius 2 is 1.67 bits per heavy atom. The van der Waals surface area contributed by atoms with Crippen molar-refractivity contribution in [3.05, 3.63) is 24.2 Å². The number of carbonyl (C=O) groups is 1. The van der Waals surface area contributed by atoms with Crippen LogP contribution in [0, 0.1) is 0 Å². The first kappa shape index (κ1) is 19.0. The second-order valence-electron chi connectivity index (χ2n) is 8.62. The molecular formula is C22H35N3O2. The van der Waals surface area contributed by atoms with Crippen LogP contribution in [0.4, 0.5) is 0 Å². The zero-order valence-corrected chi connectivity index (χ0v) is 16.6. The maximum atomic E-state index is 13.5. The molecule has 0 spiro atoms. The summed E-state index contributed by atoms with van der Waals surface area (Å²) < 4.78 is 5.72. The molecule has 27 heavy (non-hydrogen) atoms. The lowest BCUT2D eigenvalue weighted by Crippen LogP contribution is -2.61. The van der Waals surface area contributed by atoms with E-state index in [9.17, 15) is 4.79 Å². The van der Waals surface area contributed by atoms with E-state index in [4.69, 9.17) is 4.42 Å². The Kier molecular flexibility index (Phi) is 6.18. The van der Waals surface area contributed by atoms with E-state index in [0.717, 1.165) is 44.8 Å². The Labute approximate surface area is 163 Å². The van der Waals surface area contributed by atoms with Gasteiger partial charge in [0.15, 0.2) is 0 Å². The molecular weight excluding hydrogens is 338 g/mol. The molecule has 2 saturated heterocycles. The van der Waals surface area contributed by atoms with Gasteiger partial charge in [-0.15, -0.1) is 0 Å². The second kappa shape index (κ2) is 8.78. The van der Waals surface area contributed by atoms with Crippen LogP contribution in [0.3, 0.4) is 0 Å². The molecule has 0 aromatic carbocycles. The molecule has 3 aliphatic rings. The fourth-order valence-corrected chi connectivity index (χ4v) is 5.44. The Hall–Kier alpha value is -1.33. The molecule has 3 heterocycles. The molecule has 150 valence electrons. The zero-order valence-electron chi connectivity index (χ0n) is 16.6. The van der Waals surface area contributed by atoms with E-state index in [-0.39, 0.29) is 17.5 Å². The summed E-state index contributed by atoms with van der Waals surface area (Å²) in [6.07, 6.45) is 13.7. The molecule has 1 aliphatic carbocycles. The van der Waals surface area contributed by atoms with Gasteiger partial charge in [0, 0.05) is 6.54 Å². The van der Waals surface area contributed by atoms with Crippen molar-refractivity contribution in [2.24, 2.45) is 0 Å². The van der Waals surface area contributed by atoms with E-state index >= 15 is 0 Å². The van der Waals surface area contributed by atoms with Crippen molar-refractivity contribution in [3.63, 3.8) is 0 Å². The third kappa shape index (κ3) is 4.09. The predicted octanol–water partition coefficient (Wildman–Crippen LogP) is 3.72. The molecule has 2 aliphatic heterocycles.